The molecule has 0 bridgehead atoms. The Morgan fingerprint density at radius 1 is 1.17 bits per heavy atom. The maximum atomic E-state index is 12.0. The number of hydrogen-bond acceptors (Lipinski definition) is 5. The van der Waals surface area contributed by atoms with Crippen LogP contribution in [0.25, 0.3) is 10.6 Å². The molecule has 0 amide bonds. The lowest BCUT2D eigenvalue weighted by Gasteiger charge is -2.24. The van der Waals surface area contributed by atoms with Gasteiger partial charge in [0.1, 0.15) is 11.6 Å². The second kappa shape index (κ2) is 7.75. The van der Waals surface area contributed by atoms with Crippen molar-refractivity contribution >= 4 is 22.9 Å². The van der Waals surface area contributed by atoms with E-state index >= 15 is 0 Å². The zero-order valence-corrected chi connectivity index (χ0v) is 14.1. The van der Waals surface area contributed by atoms with Crippen molar-refractivity contribution < 1.29 is 4.74 Å². The average molecular weight is 350 g/mol. The second-order valence-corrected chi connectivity index (χ2v) is 6.46. The van der Waals surface area contributed by atoms with Gasteiger partial charge in [-0.2, -0.15) is 5.10 Å². The standard InChI is InChI=1S/C16H16ClN3O2S/c17-14-5-3-13(4-6-14)15-18-20(16(21)23-15)8-2-1-7-19-9-11-22-12-10-19/h3-6H,7-12H2. The topological polar surface area (TPSA) is 47.4 Å². The molecule has 0 spiro atoms. The lowest BCUT2D eigenvalue weighted by molar-refractivity contribution is 0.0443. The molecular weight excluding hydrogens is 334 g/mol. The molecule has 1 aliphatic heterocycles. The van der Waals surface area contributed by atoms with Crippen molar-refractivity contribution in [2.24, 2.45) is 0 Å². The number of hydrogen-bond donors (Lipinski definition) is 0. The van der Waals surface area contributed by atoms with Gasteiger partial charge in [-0.25, -0.2) is 4.68 Å². The third-order valence-corrected chi connectivity index (χ3v) is 4.61. The Kier molecular flexibility index (Phi) is 5.47. The highest BCUT2D eigenvalue weighted by Gasteiger charge is 2.09. The molecule has 0 radical (unpaired) electrons. The molecule has 1 aromatic heterocycles. The molecule has 1 aromatic carbocycles. The van der Waals surface area contributed by atoms with Gasteiger partial charge in [0.15, 0.2) is 0 Å². The van der Waals surface area contributed by atoms with Gasteiger partial charge in [-0.3, -0.25) is 9.69 Å². The van der Waals surface area contributed by atoms with E-state index in [2.05, 4.69) is 21.8 Å². The summed E-state index contributed by atoms with van der Waals surface area (Å²) in [7, 11) is 0. The van der Waals surface area contributed by atoms with E-state index in [9.17, 15) is 4.79 Å². The van der Waals surface area contributed by atoms with Crippen molar-refractivity contribution in [3.05, 3.63) is 39.0 Å². The summed E-state index contributed by atoms with van der Waals surface area (Å²) >= 11 is 6.99. The van der Waals surface area contributed by atoms with Gasteiger partial charge in [0.2, 0.25) is 0 Å². The first kappa shape index (κ1) is 16.2. The minimum atomic E-state index is -0.101. The van der Waals surface area contributed by atoms with Crippen LogP contribution in [0.1, 0.15) is 0 Å². The summed E-state index contributed by atoms with van der Waals surface area (Å²) in [5, 5.41) is 5.68. The maximum Gasteiger partial charge on any atom is 0.326 e. The molecule has 5 nitrogen and oxygen atoms in total. The predicted octanol–water partition coefficient (Wildman–Crippen LogP) is 1.96. The van der Waals surface area contributed by atoms with Crippen molar-refractivity contribution in [1.29, 1.82) is 0 Å². The van der Waals surface area contributed by atoms with E-state index in [0.717, 1.165) is 43.2 Å². The minimum absolute atomic E-state index is 0.101. The zero-order valence-electron chi connectivity index (χ0n) is 12.5. The quantitative estimate of drug-likeness (QED) is 0.795. The molecule has 0 atom stereocenters. The summed E-state index contributed by atoms with van der Waals surface area (Å²) < 4.78 is 6.69. The molecule has 0 N–H and O–H groups in total. The summed E-state index contributed by atoms with van der Waals surface area (Å²) in [6.07, 6.45) is 0. The summed E-state index contributed by atoms with van der Waals surface area (Å²) in [6.45, 7) is 4.35. The molecule has 2 aromatic rings. The lowest BCUT2D eigenvalue weighted by Crippen LogP contribution is -2.36. The molecule has 1 fully saturated rings. The number of nitrogens with zero attached hydrogens (tertiary/aromatic N) is 3. The summed E-state index contributed by atoms with van der Waals surface area (Å²) in [5.74, 6) is 6.11. The van der Waals surface area contributed by atoms with Crippen LogP contribution in [0, 0.1) is 11.8 Å². The molecule has 7 heteroatoms. The highest BCUT2D eigenvalue weighted by Crippen LogP contribution is 2.21. The Hall–Kier alpha value is -1.65. The monoisotopic (exact) mass is 349 g/mol. The van der Waals surface area contributed by atoms with Crippen LogP contribution in [0.2, 0.25) is 5.02 Å². The highest BCUT2D eigenvalue weighted by atomic mass is 35.5. The van der Waals surface area contributed by atoms with Crippen LogP contribution in [0.5, 0.6) is 0 Å². The lowest BCUT2D eigenvalue weighted by atomic mass is 10.2. The van der Waals surface area contributed by atoms with Crippen molar-refractivity contribution in [3.8, 4) is 22.4 Å². The minimum Gasteiger partial charge on any atom is -0.379 e. The first-order valence-electron chi connectivity index (χ1n) is 7.32. The van der Waals surface area contributed by atoms with E-state index in [4.69, 9.17) is 16.3 Å². The molecular formula is C16H16ClN3O2S. The Labute approximate surface area is 143 Å². The van der Waals surface area contributed by atoms with Gasteiger partial charge in [0.05, 0.1) is 19.8 Å². The maximum absolute atomic E-state index is 12.0. The number of benzene rings is 1. The summed E-state index contributed by atoms with van der Waals surface area (Å²) in [6, 6.07) is 7.29. The first-order chi connectivity index (χ1) is 11.2. The smallest absolute Gasteiger partial charge is 0.326 e. The SMILES string of the molecule is O=c1sc(-c2ccc(Cl)cc2)nn1CC#CCN1CCOCC1. The largest absolute Gasteiger partial charge is 0.379 e. The third-order valence-electron chi connectivity index (χ3n) is 3.46. The van der Waals surface area contributed by atoms with Crippen LogP contribution in [0.3, 0.4) is 0 Å². The van der Waals surface area contributed by atoms with Crippen molar-refractivity contribution in [2.45, 2.75) is 6.54 Å². The van der Waals surface area contributed by atoms with Gasteiger partial charge in [0, 0.05) is 23.7 Å². The average Bonchev–Trinajstić information content (AvgIpc) is 2.94. The molecule has 1 saturated heterocycles. The van der Waals surface area contributed by atoms with E-state index in [1.807, 2.05) is 12.1 Å². The fraction of sp³-hybridized carbons (Fsp3) is 0.375. The fourth-order valence-corrected chi connectivity index (χ4v) is 3.07. The Morgan fingerprint density at radius 3 is 2.61 bits per heavy atom. The van der Waals surface area contributed by atoms with Crippen LogP contribution >= 0.6 is 22.9 Å². The number of rotatable bonds is 3. The van der Waals surface area contributed by atoms with E-state index < -0.39 is 0 Å². The fourth-order valence-electron chi connectivity index (χ4n) is 2.17. The van der Waals surface area contributed by atoms with Crippen LogP contribution in [0.4, 0.5) is 0 Å². The van der Waals surface area contributed by atoms with Crippen LogP contribution in [-0.4, -0.2) is 47.5 Å². The summed E-state index contributed by atoms with van der Waals surface area (Å²) in [5.41, 5.74) is 0.886. The molecule has 2 heterocycles. The second-order valence-electron chi connectivity index (χ2n) is 5.08. The Bertz CT molecular complexity index is 767. The van der Waals surface area contributed by atoms with E-state index in [-0.39, 0.29) is 4.87 Å². The Balaban J connectivity index is 1.63. The number of morpholine rings is 1. The molecule has 120 valence electrons. The molecule has 3 rings (SSSR count). The molecule has 0 saturated carbocycles. The van der Waals surface area contributed by atoms with Crippen molar-refractivity contribution in [3.63, 3.8) is 0 Å². The van der Waals surface area contributed by atoms with Gasteiger partial charge in [-0.05, 0) is 12.1 Å². The highest BCUT2D eigenvalue weighted by molar-refractivity contribution is 7.12. The number of ether oxygens (including phenoxy) is 1. The third kappa shape index (κ3) is 4.43. The van der Waals surface area contributed by atoms with Crippen LogP contribution in [0.15, 0.2) is 29.1 Å². The predicted molar refractivity (Wildman–Crippen MR) is 91.9 cm³/mol. The van der Waals surface area contributed by atoms with Crippen molar-refractivity contribution in [2.75, 3.05) is 32.8 Å². The van der Waals surface area contributed by atoms with E-state index in [1.165, 1.54) is 4.68 Å². The van der Waals surface area contributed by atoms with Crippen LogP contribution in [-0.2, 0) is 11.3 Å². The normalized spacial score (nSPS) is 15.2. The zero-order chi connectivity index (χ0) is 16.1. The Morgan fingerprint density at radius 2 is 1.87 bits per heavy atom. The van der Waals surface area contributed by atoms with Gasteiger partial charge in [-0.1, -0.05) is 46.9 Å². The number of aromatic nitrogens is 2. The van der Waals surface area contributed by atoms with E-state index in [0.29, 0.717) is 23.1 Å². The van der Waals surface area contributed by atoms with E-state index in [1.54, 1.807) is 12.1 Å². The van der Waals surface area contributed by atoms with Gasteiger partial charge in [0.25, 0.3) is 0 Å². The van der Waals surface area contributed by atoms with Gasteiger partial charge >= 0.3 is 4.87 Å². The molecule has 1 aliphatic rings. The van der Waals surface area contributed by atoms with Gasteiger partial charge < -0.3 is 4.74 Å². The molecule has 23 heavy (non-hydrogen) atoms. The van der Waals surface area contributed by atoms with Crippen LogP contribution < -0.4 is 4.87 Å². The van der Waals surface area contributed by atoms with Crippen molar-refractivity contribution in [1.82, 2.24) is 14.7 Å². The molecule has 0 aliphatic carbocycles. The van der Waals surface area contributed by atoms with Gasteiger partial charge in [-0.15, -0.1) is 0 Å². The number of halogens is 1. The summed E-state index contributed by atoms with van der Waals surface area (Å²) in [4.78, 5) is 14.1. The molecule has 0 unspecified atom stereocenters. The first-order valence-corrected chi connectivity index (χ1v) is 8.51.